The zero-order valence-corrected chi connectivity index (χ0v) is 13.5. The summed E-state index contributed by atoms with van der Waals surface area (Å²) in [6.45, 7) is 0. The number of halogens is 1. The van der Waals surface area contributed by atoms with E-state index in [-0.39, 0.29) is 24.0 Å². The first-order valence-electron chi connectivity index (χ1n) is 7.94. The summed E-state index contributed by atoms with van der Waals surface area (Å²) >= 11 is 6.25. The van der Waals surface area contributed by atoms with Crippen LogP contribution in [0.2, 0.25) is 5.02 Å². The largest absolute Gasteiger partial charge is 0.481 e. The number of rotatable bonds is 6. The van der Waals surface area contributed by atoms with Gasteiger partial charge in [0.1, 0.15) is 6.10 Å². The van der Waals surface area contributed by atoms with Crippen LogP contribution in [0.4, 0.5) is 0 Å². The Morgan fingerprint density at radius 1 is 1.30 bits per heavy atom. The van der Waals surface area contributed by atoms with Gasteiger partial charge >= 0.3 is 5.97 Å². The Balaban J connectivity index is 1.58. The Morgan fingerprint density at radius 3 is 2.70 bits per heavy atom. The van der Waals surface area contributed by atoms with Gasteiger partial charge in [-0.05, 0) is 43.7 Å². The molecule has 0 radical (unpaired) electrons. The van der Waals surface area contributed by atoms with Gasteiger partial charge in [0.05, 0.1) is 11.6 Å². The van der Waals surface area contributed by atoms with E-state index in [0.717, 1.165) is 24.8 Å². The number of aliphatic carboxylic acids is 1. The van der Waals surface area contributed by atoms with Crippen molar-refractivity contribution in [1.82, 2.24) is 5.32 Å². The van der Waals surface area contributed by atoms with Gasteiger partial charge in [-0.3, -0.25) is 9.59 Å². The predicted octanol–water partition coefficient (Wildman–Crippen LogP) is 2.86. The average Bonchev–Trinajstić information content (AvgIpc) is 3.12. The summed E-state index contributed by atoms with van der Waals surface area (Å²) in [5.74, 6) is -0.961. The zero-order chi connectivity index (χ0) is 16.4. The van der Waals surface area contributed by atoms with Crippen molar-refractivity contribution in [1.29, 1.82) is 0 Å². The lowest BCUT2D eigenvalue weighted by Crippen LogP contribution is -2.41. The molecule has 1 aliphatic carbocycles. The second kappa shape index (κ2) is 6.49. The number of carbonyl (C=O) groups is 2. The van der Waals surface area contributed by atoms with Gasteiger partial charge in [-0.2, -0.15) is 0 Å². The van der Waals surface area contributed by atoms with E-state index in [4.69, 9.17) is 21.4 Å². The van der Waals surface area contributed by atoms with Crippen LogP contribution in [0.15, 0.2) is 24.3 Å². The number of nitrogens with one attached hydrogen (secondary N) is 1. The SMILES string of the molecule is O=C(O)CC[C@@H]1CC[C@H](C(=O)NC2(c3ccccc3Cl)CC2)O1. The number of hydrogen-bond donors (Lipinski definition) is 2. The molecule has 2 atom stereocenters. The molecule has 2 fully saturated rings. The van der Waals surface area contributed by atoms with Gasteiger partial charge in [-0.15, -0.1) is 0 Å². The molecule has 1 saturated heterocycles. The molecule has 0 bridgehead atoms. The molecule has 1 saturated carbocycles. The van der Waals surface area contributed by atoms with E-state index in [1.807, 2.05) is 24.3 Å². The first-order valence-corrected chi connectivity index (χ1v) is 8.32. The maximum absolute atomic E-state index is 12.5. The van der Waals surface area contributed by atoms with Crippen molar-refractivity contribution in [2.45, 2.75) is 56.3 Å². The molecule has 1 aliphatic heterocycles. The van der Waals surface area contributed by atoms with Gasteiger partial charge in [0.2, 0.25) is 5.91 Å². The fraction of sp³-hybridized carbons (Fsp3) is 0.529. The van der Waals surface area contributed by atoms with Gasteiger partial charge in [-0.25, -0.2) is 0 Å². The molecule has 6 heteroatoms. The third-order valence-electron chi connectivity index (χ3n) is 4.58. The monoisotopic (exact) mass is 337 g/mol. The van der Waals surface area contributed by atoms with Crippen molar-refractivity contribution in [3.63, 3.8) is 0 Å². The molecule has 1 amide bonds. The highest BCUT2D eigenvalue weighted by atomic mass is 35.5. The molecule has 2 aliphatic rings. The van der Waals surface area contributed by atoms with Crippen molar-refractivity contribution in [2.75, 3.05) is 0 Å². The average molecular weight is 338 g/mol. The van der Waals surface area contributed by atoms with Crippen LogP contribution < -0.4 is 5.32 Å². The molecule has 1 heterocycles. The molecule has 23 heavy (non-hydrogen) atoms. The number of carboxylic acid groups (broad SMARTS) is 1. The summed E-state index contributed by atoms with van der Waals surface area (Å²) in [7, 11) is 0. The highest BCUT2D eigenvalue weighted by Crippen LogP contribution is 2.48. The molecular weight excluding hydrogens is 318 g/mol. The van der Waals surface area contributed by atoms with Crippen molar-refractivity contribution in [2.24, 2.45) is 0 Å². The minimum Gasteiger partial charge on any atom is -0.481 e. The molecule has 0 unspecified atom stereocenters. The number of ether oxygens (including phenoxy) is 1. The zero-order valence-electron chi connectivity index (χ0n) is 12.8. The van der Waals surface area contributed by atoms with Crippen LogP contribution in [0.3, 0.4) is 0 Å². The lowest BCUT2D eigenvalue weighted by molar-refractivity contribution is -0.138. The highest BCUT2D eigenvalue weighted by molar-refractivity contribution is 6.31. The standard InChI is InChI=1S/C17H20ClNO4/c18-13-4-2-1-3-12(13)17(9-10-17)19-16(22)14-7-5-11(23-14)6-8-15(20)21/h1-4,11,14H,5-10H2,(H,19,22)(H,20,21)/t11-,14+/m0/s1. The highest BCUT2D eigenvalue weighted by Gasteiger charge is 2.48. The fourth-order valence-electron chi connectivity index (χ4n) is 3.15. The molecular formula is C17H20ClNO4. The molecule has 3 rings (SSSR count). The smallest absolute Gasteiger partial charge is 0.303 e. The summed E-state index contributed by atoms with van der Waals surface area (Å²) < 4.78 is 5.71. The van der Waals surface area contributed by atoms with Gasteiger partial charge in [0.15, 0.2) is 0 Å². The molecule has 124 valence electrons. The third kappa shape index (κ3) is 3.67. The summed E-state index contributed by atoms with van der Waals surface area (Å²) in [4.78, 5) is 23.1. The molecule has 5 nitrogen and oxygen atoms in total. The minimum absolute atomic E-state index is 0.0720. The predicted molar refractivity (Wildman–Crippen MR) is 85.3 cm³/mol. The van der Waals surface area contributed by atoms with Crippen molar-refractivity contribution >= 4 is 23.5 Å². The fourth-order valence-corrected chi connectivity index (χ4v) is 3.46. The topological polar surface area (TPSA) is 75.6 Å². The molecule has 0 spiro atoms. The second-order valence-corrected chi connectivity index (χ2v) is 6.71. The van der Waals surface area contributed by atoms with Crippen LogP contribution in [0.25, 0.3) is 0 Å². The number of carboxylic acids is 1. The Hall–Kier alpha value is -1.59. The normalized spacial score (nSPS) is 25.1. The summed E-state index contributed by atoms with van der Waals surface area (Å²) in [5, 5.41) is 12.5. The van der Waals surface area contributed by atoms with E-state index in [0.29, 0.717) is 17.9 Å². The van der Waals surface area contributed by atoms with Crippen LogP contribution in [0, 0.1) is 0 Å². The Morgan fingerprint density at radius 2 is 2.04 bits per heavy atom. The Labute approximate surface area is 140 Å². The number of amides is 1. The van der Waals surface area contributed by atoms with Crippen molar-refractivity contribution in [3.05, 3.63) is 34.9 Å². The van der Waals surface area contributed by atoms with Crippen LogP contribution >= 0.6 is 11.6 Å². The Bertz CT molecular complexity index is 614. The van der Waals surface area contributed by atoms with Gasteiger partial charge < -0.3 is 15.2 Å². The van der Waals surface area contributed by atoms with E-state index in [1.165, 1.54) is 0 Å². The lowest BCUT2D eigenvalue weighted by atomic mass is 10.0. The molecule has 1 aromatic rings. The van der Waals surface area contributed by atoms with Crippen LogP contribution in [-0.4, -0.2) is 29.2 Å². The number of carbonyl (C=O) groups excluding carboxylic acids is 1. The summed E-state index contributed by atoms with van der Waals surface area (Å²) in [5.41, 5.74) is 0.591. The van der Waals surface area contributed by atoms with Crippen molar-refractivity contribution < 1.29 is 19.4 Å². The third-order valence-corrected chi connectivity index (χ3v) is 4.91. The summed E-state index contributed by atoms with van der Waals surface area (Å²) in [6.07, 6.45) is 3.00. The maximum atomic E-state index is 12.5. The quantitative estimate of drug-likeness (QED) is 0.837. The molecule has 0 aromatic heterocycles. The van der Waals surface area contributed by atoms with E-state index in [1.54, 1.807) is 0 Å². The second-order valence-electron chi connectivity index (χ2n) is 6.31. The molecule has 1 aromatic carbocycles. The van der Waals surface area contributed by atoms with Crippen LogP contribution in [0.1, 0.15) is 44.1 Å². The van der Waals surface area contributed by atoms with E-state index in [9.17, 15) is 9.59 Å². The number of benzene rings is 1. The van der Waals surface area contributed by atoms with E-state index < -0.39 is 12.1 Å². The lowest BCUT2D eigenvalue weighted by Gasteiger charge is -2.21. The van der Waals surface area contributed by atoms with E-state index in [2.05, 4.69) is 5.32 Å². The molecule has 2 N–H and O–H groups in total. The van der Waals surface area contributed by atoms with Crippen LogP contribution in [0.5, 0.6) is 0 Å². The Kier molecular flexibility index (Phi) is 4.60. The van der Waals surface area contributed by atoms with Gasteiger partial charge in [0, 0.05) is 11.4 Å². The maximum Gasteiger partial charge on any atom is 0.303 e. The number of hydrogen-bond acceptors (Lipinski definition) is 3. The van der Waals surface area contributed by atoms with E-state index >= 15 is 0 Å². The van der Waals surface area contributed by atoms with Crippen LogP contribution in [-0.2, 0) is 19.9 Å². The first kappa shape index (κ1) is 16.3. The van der Waals surface area contributed by atoms with Gasteiger partial charge in [-0.1, -0.05) is 29.8 Å². The minimum atomic E-state index is -0.836. The summed E-state index contributed by atoms with van der Waals surface area (Å²) in [6, 6.07) is 7.57. The van der Waals surface area contributed by atoms with Crippen molar-refractivity contribution in [3.8, 4) is 0 Å². The first-order chi connectivity index (χ1) is 11.0. The van der Waals surface area contributed by atoms with Gasteiger partial charge in [0.25, 0.3) is 0 Å².